The molecule has 0 radical (unpaired) electrons. The number of aliphatic hydroxyl groups is 1. The van der Waals surface area contributed by atoms with Crippen LogP contribution >= 0.6 is 0 Å². The van der Waals surface area contributed by atoms with E-state index in [0.717, 1.165) is 60.2 Å². The van der Waals surface area contributed by atoms with E-state index in [1.807, 2.05) is 74.5 Å². The van der Waals surface area contributed by atoms with Crippen molar-refractivity contribution in [2.45, 2.75) is 71.0 Å². The van der Waals surface area contributed by atoms with E-state index in [9.17, 15) is 14.7 Å². The van der Waals surface area contributed by atoms with E-state index >= 15 is 0 Å². The van der Waals surface area contributed by atoms with Crippen molar-refractivity contribution in [2.75, 3.05) is 37.7 Å². The molecule has 2 heterocycles. The van der Waals surface area contributed by atoms with Gasteiger partial charge in [-0.1, -0.05) is 67.1 Å². The van der Waals surface area contributed by atoms with Gasteiger partial charge in [0.05, 0.1) is 25.0 Å². The van der Waals surface area contributed by atoms with Gasteiger partial charge in [0.25, 0.3) is 5.91 Å². The van der Waals surface area contributed by atoms with Crippen molar-refractivity contribution in [1.82, 2.24) is 10.2 Å². The molecular weight excluding hydrogens is 594 g/mol. The molecule has 1 saturated heterocycles. The molecule has 0 aliphatic carbocycles. The maximum absolute atomic E-state index is 13.0. The number of nitrogens with zero attached hydrogens (tertiary/aromatic N) is 2. The van der Waals surface area contributed by atoms with Crippen LogP contribution in [0.15, 0.2) is 72.8 Å². The summed E-state index contributed by atoms with van der Waals surface area (Å²) in [6, 6.07) is 22.4. The lowest BCUT2D eigenvalue weighted by Gasteiger charge is -2.33. The minimum Gasteiger partial charge on any atom is -0.463 e. The fourth-order valence-corrected chi connectivity index (χ4v) is 5.57. The average molecular weight is 640 g/mol. The Morgan fingerprint density at radius 2 is 1.81 bits per heavy atom. The summed E-state index contributed by atoms with van der Waals surface area (Å²) in [5.41, 5.74) is 4.09. The Labute approximate surface area is 277 Å². The molecule has 2 aliphatic heterocycles. The summed E-state index contributed by atoms with van der Waals surface area (Å²) >= 11 is 0. The molecule has 0 spiro atoms. The number of benzene rings is 3. The first kappa shape index (κ1) is 34.1. The van der Waals surface area contributed by atoms with Gasteiger partial charge in [0, 0.05) is 51.1 Å². The highest BCUT2D eigenvalue weighted by atomic mass is 16.7. The van der Waals surface area contributed by atoms with Crippen molar-refractivity contribution < 1.29 is 28.9 Å². The Balaban J connectivity index is 0.914. The van der Waals surface area contributed by atoms with E-state index in [-0.39, 0.29) is 18.5 Å². The molecule has 5 rings (SSSR count). The lowest BCUT2D eigenvalue weighted by atomic mass is 10.0. The lowest BCUT2D eigenvalue weighted by Crippen LogP contribution is -2.35. The third-order valence-corrected chi connectivity index (χ3v) is 8.09. The summed E-state index contributed by atoms with van der Waals surface area (Å²) in [4.78, 5) is 28.5. The third kappa shape index (κ3) is 9.90. The molecule has 248 valence electrons. The maximum Gasteiger partial charge on any atom is 0.332 e. The quantitative estimate of drug-likeness (QED) is 0.121. The number of amides is 3. The summed E-state index contributed by atoms with van der Waals surface area (Å²) in [7, 11) is 0. The highest BCUT2D eigenvalue weighted by Gasteiger charge is 2.37. The first-order valence-electron chi connectivity index (χ1n) is 16.5. The van der Waals surface area contributed by atoms with Crippen LogP contribution in [0.1, 0.15) is 74.3 Å². The third-order valence-electron chi connectivity index (χ3n) is 8.09. The van der Waals surface area contributed by atoms with Crippen molar-refractivity contribution >= 4 is 17.6 Å². The van der Waals surface area contributed by atoms with E-state index in [2.05, 4.69) is 17.2 Å². The fourth-order valence-electron chi connectivity index (χ4n) is 5.57. The molecule has 2 aliphatic rings. The number of aliphatic hydroxyl groups excluding tert-OH is 1. The smallest absolute Gasteiger partial charge is 0.332 e. The lowest BCUT2D eigenvalue weighted by molar-refractivity contribution is -0.180. The first-order chi connectivity index (χ1) is 22.8. The number of urea groups is 1. The standard InChI is InChI=1S/C38H45N3O6/c1-38(2)46-28-32-24-31(18-19-35(32)47-38)34(42)25-39-20-9-3-4-10-21-45-22-11-8-13-29-16-12-17-33(23-29)41-36(43)27-40(37(41)44)26-30-14-6-5-7-15-30/h5-7,12,14-19,23-24,34,39,42H,3-4,9-11,20-22,25-28H2,1-2H3/t34-/m0/s1. The minimum atomic E-state index is -0.625. The van der Waals surface area contributed by atoms with Crippen molar-refractivity contribution in [1.29, 1.82) is 0 Å². The Morgan fingerprint density at radius 3 is 2.66 bits per heavy atom. The largest absolute Gasteiger partial charge is 0.463 e. The van der Waals surface area contributed by atoms with Gasteiger partial charge in [-0.15, -0.1) is 0 Å². The van der Waals surface area contributed by atoms with E-state index < -0.39 is 11.9 Å². The van der Waals surface area contributed by atoms with Crippen LogP contribution in [-0.2, 0) is 27.4 Å². The zero-order valence-corrected chi connectivity index (χ0v) is 27.4. The summed E-state index contributed by atoms with van der Waals surface area (Å²) < 4.78 is 17.3. The summed E-state index contributed by atoms with van der Waals surface area (Å²) in [5, 5.41) is 13.9. The van der Waals surface area contributed by atoms with Crippen LogP contribution < -0.4 is 15.0 Å². The van der Waals surface area contributed by atoms with Crippen LogP contribution in [0.5, 0.6) is 5.75 Å². The number of ether oxygens (including phenoxy) is 3. The number of nitrogens with one attached hydrogen (secondary N) is 1. The maximum atomic E-state index is 13.0. The number of imide groups is 1. The number of hydrogen-bond acceptors (Lipinski definition) is 7. The molecule has 9 nitrogen and oxygen atoms in total. The second-order valence-corrected chi connectivity index (χ2v) is 12.4. The highest BCUT2D eigenvalue weighted by molar-refractivity contribution is 6.19. The SMILES string of the molecule is CC1(C)OCc2cc([C@@H](O)CNCCCCCCOCCC#Cc3cccc(N4C(=O)CN(Cc5ccccc5)C4=O)c3)ccc2O1. The molecule has 9 heteroatoms. The van der Waals surface area contributed by atoms with Crippen molar-refractivity contribution in [2.24, 2.45) is 0 Å². The summed E-state index contributed by atoms with van der Waals surface area (Å²) in [6.07, 6.45) is 4.24. The zero-order chi connectivity index (χ0) is 33.1. The van der Waals surface area contributed by atoms with Gasteiger partial charge in [0.15, 0.2) is 0 Å². The van der Waals surface area contributed by atoms with Gasteiger partial charge in [0.2, 0.25) is 5.79 Å². The Bertz CT molecular complexity index is 1560. The van der Waals surface area contributed by atoms with Gasteiger partial charge >= 0.3 is 6.03 Å². The molecule has 3 aromatic carbocycles. The van der Waals surface area contributed by atoms with Crippen molar-refractivity contribution in [3.8, 4) is 17.6 Å². The fraction of sp³-hybridized carbons (Fsp3) is 0.421. The van der Waals surface area contributed by atoms with Crippen molar-refractivity contribution in [3.05, 3.63) is 95.1 Å². The van der Waals surface area contributed by atoms with E-state index in [0.29, 0.717) is 45.0 Å². The number of unbranched alkanes of at least 4 members (excludes halogenated alkanes) is 3. The summed E-state index contributed by atoms with van der Waals surface area (Å²) in [6.45, 7) is 7.33. The second kappa shape index (κ2) is 16.6. The van der Waals surface area contributed by atoms with Gasteiger partial charge < -0.3 is 29.5 Å². The van der Waals surface area contributed by atoms with Crippen LogP contribution in [0.2, 0.25) is 0 Å². The molecule has 0 unspecified atom stereocenters. The van der Waals surface area contributed by atoms with E-state index in [4.69, 9.17) is 14.2 Å². The zero-order valence-electron chi connectivity index (χ0n) is 27.4. The molecule has 3 aromatic rings. The molecule has 0 aromatic heterocycles. The van der Waals surface area contributed by atoms with Crippen LogP contribution in [-0.4, -0.2) is 60.6 Å². The molecule has 1 fully saturated rings. The number of hydrogen-bond donors (Lipinski definition) is 2. The molecule has 2 N–H and O–H groups in total. The van der Waals surface area contributed by atoms with Gasteiger partial charge in [-0.2, -0.15) is 0 Å². The number of fused-ring (bicyclic) bond motifs is 1. The Kier molecular flexibility index (Phi) is 12.0. The first-order valence-corrected chi connectivity index (χ1v) is 16.5. The summed E-state index contributed by atoms with van der Waals surface area (Å²) in [5.74, 6) is 6.21. The topological polar surface area (TPSA) is 101 Å². The predicted molar refractivity (Wildman–Crippen MR) is 181 cm³/mol. The monoisotopic (exact) mass is 639 g/mol. The number of carbonyl (C=O) groups is 2. The van der Waals surface area contributed by atoms with Gasteiger partial charge in [-0.05, 0) is 60.8 Å². The van der Waals surface area contributed by atoms with Gasteiger partial charge in [0.1, 0.15) is 12.3 Å². The van der Waals surface area contributed by atoms with Crippen molar-refractivity contribution in [3.63, 3.8) is 0 Å². The molecule has 47 heavy (non-hydrogen) atoms. The number of rotatable bonds is 15. The van der Waals surface area contributed by atoms with Crippen LogP contribution in [0, 0.1) is 11.8 Å². The van der Waals surface area contributed by atoms with Crippen LogP contribution in [0.3, 0.4) is 0 Å². The molecule has 0 saturated carbocycles. The molecule has 0 bridgehead atoms. The normalized spacial score (nSPS) is 16.0. The number of carbonyl (C=O) groups excluding carboxylic acids is 2. The van der Waals surface area contributed by atoms with Crippen LogP contribution in [0.4, 0.5) is 10.5 Å². The van der Waals surface area contributed by atoms with E-state index in [1.165, 1.54) is 4.90 Å². The van der Waals surface area contributed by atoms with Gasteiger partial charge in [-0.25, -0.2) is 9.69 Å². The predicted octanol–water partition coefficient (Wildman–Crippen LogP) is 5.94. The van der Waals surface area contributed by atoms with Gasteiger partial charge in [-0.3, -0.25) is 4.79 Å². The average Bonchev–Trinajstić information content (AvgIpc) is 3.34. The van der Waals surface area contributed by atoms with E-state index in [1.54, 1.807) is 17.0 Å². The Morgan fingerprint density at radius 1 is 0.979 bits per heavy atom. The highest BCUT2D eigenvalue weighted by Crippen LogP contribution is 2.33. The van der Waals surface area contributed by atoms with Crippen LogP contribution in [0.25, 0.3) is 0 Å². The minimum absolute atomic E-state index is 0.0600. The molecular formula is C38H45N3O6. The Hall–Kier alpha value is -4.20. The number of anilines is 1. The molecule has 1 atom stereocenters. The molecule has 3 amide bonds. The second-order valence-electron chi connectivity index (χ2n) is 12.4.